The fourth-order valence-electron chi connectivity index (χ4n) is 4.33. The molecule has 0 N–H and O–H groups in total. The quantitative estimate of drug-likeness (QED) is 0.626. The Hall–Kier alpha value is -0.300. The first-order chi connectivity index (χ1) is 9.22. The second-order valence-corrected chi connectivity index (χ2v) is 7.47. The first-order valence-electron chi connectivity index (χ1n) is 7.98. The summed E-state index contributed by atoms with van der Waals surface area (Å²) in [4.78, 5) is 0.587. The zero-order chi connectivity index (χ0) is 13.4. The minimum absolute atomic E-state index is 0.587. The zero-order valence-electron chi connectivity index (χ0n) is 12.2. The molecular formula is C18H25Br. The van der Waals surface area contributed by atoms with E-state index in [4.69, 9.17) is 0 Å². The third-order valence-electron chi connectivity index (χ3n) is 5.47. The maximum atomic E-state index is 4.07. The maximum absolute atomic E-state index is 4.07. The Morgan fingerprint density at radius 1 is 1.16 bits per heavy atom. The SMILES string of the molecule is CCc1ccc(CC)c(C(Br)C2CC3CCC2C3)c1. The highest BCUT2D eigenvalue weighted by Crippen LogP contribution is 2.55. The van der Waals surface area contributed by atoms with Crippen LogP contribution < -0.4 is 0 Å². The van der Waals surface area contributed by atoms with Crippen LogP contribution in [-0.4, -0.2) is 0 Å². The molecule has 19 heavy (non-hydrogen) atoms. The van der Waals surface area contributed by atoms with Gasteiger partial charge in [-0.1, -0.05) is 54.4 Å². The first-order valence-corrected chi connectivity index (χ1v) is 8.90. The van der Waals surface area contributed by atoms with E-state index in [0.29, 0.717) is 4.83 Å². The van der Waals surface area contributed by atoms with Crippen LogP contribution in [0.3, 0.4) is 0 Å². The molecule has 2 bridgehead atoms. The van der Waals surface area contributed by atoms with E-state index in [0.717, 1.165) is 30.6 Å². The summed E-state index contributed by atoms with van der Waals surface area (Å²) >= 11 is 4.07. The van der Waals surface area contributed by atoms with Gasteiger partial charge in [0, 0.05) is 4.83 Å². The van der Waals surface area contributed by atoms with Crippen LogP contribution in [0.1, 0.15) is 61.0 Å². The van der Waals surface area contributed by atoms with E-state index in [9.17, 15) is 0 Å². The molecule has 2 aliphatic carbocycles. The molecule has 0 nitrogen and oxygen atoms in total. The Morgan fingerprint density at radius 2 is 2.00 bits per heavy atom. The Balaban J connectivity index is 1.87. The average molecular weight is 321 g/mol. The lowest BCUT2D eigenvalue weighted by Gasteiger charge is -2.28. The number of aryl methyl sites for hydroxylation is 2. The molecule has 4 atom stereocenters. The lowest BCUT2D eigenvalue weighted by molar-refractivity contribution is 0.329. The van der Waals surface area contributed by atoms with E-state index in [1.165, 1.54) is 31.2 Å². The van der Waals surface area contributed by atoms with Gasteiger partial charge in [0.1, 0.15) is 0 Å². The Bertz CT molecular complexity index is 451. The van der Waals surface area contributed by atoms with Gasteiger partial charge in [-0.25, -0.2) is 0 Å². The molecule has 1 aromatic rings. The zero-order valence-corrected chi connectivity index (χ0v) is 13.7. The van der Waals surface area contributed by atoms with Crippen molar-refractivity contribution >= 4 is 15.9 Å². The van der Waals surface area contributed by atoms with Gasteiger partial charge < -0.3 is 0 Å². The number of halogens is 1. The summed E-state index contributed by atoms with van der Waals surface area (Å²) < 4.78 is 0. The molecular weight excluding hydrogens is 296 g/mol. The smallest absolute Gasteiger partial charge is 0.0429 e. The minimum Gasteiger partial charge on any atom is -0.0836 e. The molecule has 104 valence electrons. The van der Waals surface area contributed by atoms with Crippen molar-refractivity contribution in [1.29, 1.82) is 0 Å². The highest BCUT2D eigenvalue weighted by Gasteiger charge is 2.43. The Kier molecular flexibility index (Phi) is 4.03. The van der Waals surface area contributed by atoms with Gasteiger partial charge in [-0.05, 0) is 66.5 Å². The monoisotopic (exact) mass is 320 g/mol. The van der Waals surface area contributed by atoms with Crippen molar-refractivity contribution in [1.82, 2.24) is 0 Å². The van der Waals surface area contributed by atoms with Gasteiger partial charge in [0.25, 0.3) is 0 Å². The van der Waals surface area contributed by atoms with Crippen LogP contribution in [0.15, 0.2) is 18.2 Å². The van der Waals surface area contributed by atoms with Gasteiger partial charge in [-0.2, -0.15) is 0 Å². The van der Waals surface area contributed by atoms with E-state index in [1.54, 1.807) is 11.1 Å². The molecule has 0 heterocycles. The molecule has 2 saturated carbocycles. The van der Waals surface area contributed by atoms with Gasteiger partial charge >= 0.3 is 0 Å². The fraction of sp³-hybridized carbons (Fsp3) is 0.667. The molecule has 0 radical (unpaired) electrons. The molecule has 0 amide bonds. The van der Waals surface area contributed by atoms with E-state index in [-0.39, 0.29) is 0 Å². The van der Waals surface area contributed by atoms with Gasteiger partial charge in [0.15, 0.2) is 0 Å². The highest BCUT2D eigenvalue weighted by atomic mass is 79.9. The van der Waals surface area contributed by atoms with Crippen molar-refractivity contribution in [3.8, 4) is 0 Å². The molecule has 0 saturated heterocycles. The van der Waals surface area contributed by atoms with Gasteiger partial charge in [-0.15, -0.1) is 0 Å². The summed E-state index contributed by atoms with van der Waals surface area (Å²) in [7, 11) is 0. The summed E-state index contributed by atoms with van der Waals surface area (Å²) in [6.07, 6.45) is 8.24. The van der Waals surface area contributed by atoms with Crippen LogP contribution in [0, 0.1) is 17.8 Å². The van der Waals surface area contributed by atoms with Gasteiger partial charge in [0.2, 0.25) is 0 Å². The molecule has 0 spiro atoms. The van der Waals surface area contributed by atoms with E-state index in [2.05, 4.69) is 48.0 Å². The van der Waals surface area contributed by atoms with Crippen LogP contribution >= 0.6 is 15.9 Å². The van der Waals surface area contributed by atoms with Crippen molar-refractivity contribution < 1.29 is 0 Å². The Morgan fingerprint density at radius 3 is 2.58 bits per heavy atom. The summed E-state index contributed by atoms with van der Waals surface area (Å²) in [6.45, 7) is 4.54. The number of fused-ring (bicyclic) bond motifs is 2. The van der Waals surface area contributed by atoms with Crippen LogP contribution in [0.5, 0.6) is 0 Å². The van der Waals surface area contributed by atoms with Gasteiger partial charge in [-0.3, -0.25) is 0 Å². The van der Waals surface area contributed by atoms with Crippen LogP contribution in [0.25, 0.3) is 0 Å². The molecule has 0 aliphatic heterocycles. The number of rotatable bonds is 4. The number of hydrogen-bond donors (Lipinski definition) is 0. The number of alkyl halides is 1. The van der Waals surface area contributed by atoms with Gasteiger partial charge in [0.05, 0.1) is 0 Å². The molecule has 1 heteroatoms. The molecule has 0 aromatic heterocycles. The standard InChI is InChI=1S/C18H25Br/c1-3-12-5-7-14(4-2)16(10-12)18(19)17-11-13-6-8-15(17)9-13/h5,7,10,13,15,17-18H,3-4,6,8-9,11H2,1-2H3. The van der Waals surface area contributed by atoms with E-state index >= 15 is 0 Å². The summed E-state index contributed by atoms with van der Waals surface area (Å²) in [5, 5.41) is 0. The molecule has 2 fully saturated rings. The third kappa shape index (κ3) is 2.51. The summed E-state index contributed by atoms with van der Waals surface area (Å²) in [6, 6.07) is 7.13. The van der Waals surface area contributed by atoms with Crippen molar-refractivity contribution in [2.24, 2.45) is 17.8 Å². The summed E-state index contributed by atoms with van der Waals surface area (Å²) in [5.41, 5.74) is 4.61. The molecule has 4 unspecified atom stereocenters. The molecule has 3 rings (SSSR count). The van der Waals surface area contributed by atoms with E-state index in [1.807, 2.05) is 0 Å². The largest absolute Gasteiger partial charge is 0.0836 e. The van der Waals surface area contributed by atoms with Crippen molar-refractivity contribution in [2.45, 2.75) is 57.2 Å². The highest BCUT2D eigenvalue weighted by molar-refractivity contribution is 9.09. The lowest BCUT2D eigenvalue weighted by atomic mass is 9.82. The van der Waals surface area contributed by atoms with Crippen LogP contribution in [-0.2, 0) is 12.8 Å². The number of hydrogen-bond acceptors (Lipinski definition) is 0. The molecule has 2 aliphatic rings. The minimum atomic E-state index is 0.587. The predicted molar refractivity (Wildman–Crippen MR) is 85.8 cm³/mol. The van der Waals surface area contributed by atoms with Crippen molar-refractivity contribution in [2.75, 3.05) is 0 Å². The topological polar surface area (TPSA) is 0 Å². The fourth-order valence-corrected chi connectivity index (χ4v) is 5.40. The second-order valence-electron chi connectivity index (χ2n) is 6.48. The van der Waals surface area contributed by atoms with E-state index < -0.39 is 0 Å². The Labute approximate surface area is 126 Å². The molecule has 1 aromatic carbocycles. The average Bonchev–Trinajstić information content (AvgIpc) is 3.08. The second kappa shape index (κ2) is 5.60. The first kappa shape index (κ1) is 13.7. The van der Waals surface area contributed by atoms with Crippen molar-refractivity contribution in [3.05, 3.63) is 34.9 Å². The lowest BCUT2D eigenvalue weighted by Crippen LogP contribution is -2.16. The third-order valence-corrected chi connectivity index (χ3v) is 6.64. The predicted octanol–water partition coefficient (Wildman–Crippen LogP) is 5.68. The normalized spacial score (nSPS) is 30.8. The number of benzene rings is 1. The van der Waals surface area contributed by atoms with Crippen LogP contribution in [0.2, 0.25) is 0 Å². The van der Waals surface area contributed by atoms with Crippen LogP contribution in [0.4, 0.5) is 0 Å². The maximum Gasteiger partial charge on any atom is 0.0429 e. The van der Waals surface area contributed by atoms with Crippen molar-refractivity contribution in [3.63, 3.8) is 0 Å². The summed E-state index contributed by atoms with van der Waals surface area (Å²) in [5.74, 6) is 2.91.